The monoisotopic (exact) mass is 626 g/mol. The van der Waals surface area contributed by atoms with Gasteiger partial charge >= 0.3 is 0 Å². The van der Waals surface area contributed by atoms with E-state index < -0.39 is 0 Å². The Morgan fingerprint density at radius 3 is 1.82 bits per heavy atom. The van der Waals surface area contributed by atoms with E-state index in [0.29, 0.717) is 17.5 Å². The molecule has 0 aliphatic rings. The summed E-state index contributed by atoms with van der Waals surface area (Å²) in [4.78, 5) is 20.2. The van der Waals surface area contributed by atoms with Gasteiger partial charge in [-0.1, -0.05) is 133 Å². The third-order valence-electron chi connectivity index (χ3n) is 9.36. The van der Waals surface area contributed by atoms with Gasteiger partial charge in [-0.15, -0.1) is 0 Å². The summed E-state index contributed by atoms with van der Waals surface area (Å²) in [5.41, 5.74) is 7.73. The molecule has 0 aliphatic heterocycles. The molecule has 3 heterocycles. The molecule has 5 heteroatoms. The predicted molar refractivity (Wildman–Crippen MR) is 199 cm³/mol. The van der Waals surface area contributed by atoms with Crippen LogP contribution in [0.3, 0.4) is 0 Å². The zero-order valence-electron chi connectivity index (χ0n) is 26.2. The number of hydrogen-bond acceptors (Lipinski definition) is 5. The van der Waals surface area contributed by atoms with Crippen LogP contribution >= 0.6 is 0 Å². The van der Waals surface area contributed by atoms with Crippen LogP contribution in [-0.4, -0.2) is 19.9 Å². The van der Waals surface area contributed by atoms with Crippen molar-refractivity contribution in [2.75, 3.05) is 0 Å². The van der Waals surface area contributed by atoms with Crippen molar-refractivity contribution in [1.82, 2.24) is 19.9 Å². The van der Waals surface area contributed by atoms with E-state index in [9.17, 15) is 0 Å². The minimum absolute atomic E-state index is 0.614. The molecule has 0 aliphatic carbocycles. The van der Waals surface area contributed by atoms with Crippen molar-refractivity contribution < 1.29 is 4.42 Å². The third-order valence-corrected chi connectivity index (χ3v) is 9.36. The second kappa shape index (κ2) is 10.9. The Labute approximate surface area is 281 Å². The molecule has 5 nitrogen and oxygen atoms in total. The van der Waals surface area contributed by atoms with Crippen molar-refractivity contribution in [2.45, 2.75) is 0 Å². The highest BCUT2D eigenvalue weighted by Gasteiger charge is 2.18. The van der Waals surface area contributed by atoms with Gasteiger partial charge in [0.05, 0.1) is 5.52 Å². The molecule has 0 bridgehead atoms. The number of nitrogens with zero attached hydrogens (tertiary/aromatic N) is 4. The molecule has 0 saturated heterocycles. The summed E-state index contributed by atoms with van der Waals surface area (Å²) in [7, 11) is 0. The van der Waals surface area contributed by atoms with Crippen molar-refractivity contribution in [1.29, 1.82) is 0 Å². The molecule has 228 valence electrons. The van der Waals surface area contributed by atoms with Crippen LogP contribution in [0.1, 0.15) is 0 Å². The van der Waals surface area contributed by atoms with Crippen molar-refractivity contribution in [3.63, 3.8) is 0 Å². The van der Waals surface area contributed by atoms with Crippen LogP contribution in [0.2, 0.25) is 0 Å². The molecular weight excluding hydrogens is 601 g/mol. The molecule has 10 aromatic rings. The van der Waals surface area contributed by atoms with Gasteiger partial charge in [-0.05, 0) is 40.1 Å². The summed E-state index contributed by atoms with van der Waals surface area (Å²) in [5.74, 6) is 1.86. The van der Waals surface area contributed by atoms with Gasteiger partial charge in [-0.2, -0.15) is 0 Å². The number of fused-ring (bicyclic) bond motifs is 8. The molecule has 10 rings (SSSR count). The highest BCUT2D eigenvalue weighted by atomic mass is 16.3. The summed E-state index contributed by atoms with van der Waals surface area (Å²) in [6.07, 6.45) is 1.96. The molecule has 0 saturated carbocycles. The van der Waals surface area contributed by atoms with E-state index in [0.717, 1.165) is 82.2 Å². The van der Waals surface area contributed by atoms with Gasteiger partial charge in [0, 0.05) is 49.8 Å². The zero-order valence-corrected chi connectivity index (χ0v) is 26.2. The Hall–Kier alpha value is -6.72. The predicted octanol–water partition coefficient (Wildman–Crippen LogP) is 11.3. The topological polar surface area (TPSA) is 64.7 Å². The van der Waals surface area contributed by atoms with Gasteiger partial charge in [0.15, 0.2) is 17.5 Å². The highest BCUT2D eigenvalue weighted by molar-refractivity contribution is 6.19. The number of benzene rings is 7. The second-order valence-corrected chi connectivity index (χ2v) is 12.2. The van der Waals surface area contributed by atoms with Crippen LogP contribution in [0.5, 0.6) is 0 Å². The lowest BCUT2D eigenvalue weighted by Crippen LogP contribution is -2.01. The van der Waals surface area contributed by atoms with Gasteiger partial charge < -0.3 is 4.42 Å². The van der Waals surface area contributed by atoms with Gasteiger partial charge in [0.1, 0.15) is 11.2 Å². The minimum Gasteiger partial charge on any atom is -0.456 e. The molecule has 0 spiro atoms. The standard InChI is InChI=1S/C44H26N4O/c1-2-11-28(12-3-1)42-46-43(29-23-21-27(22-24-29)32-18-10-20-39-40(32)35-17-8-9-19-38(35)49-39)48-44(47-42)37-25-36-31-14-5-4-13-30(31)26-45-41(36)34-16-7-6-15-33(34)37/h1-26H. The van der Waals surface area contributed by atoms with E-state index in [4.69, 9.17) is 24.4 Å². The number of rotatable bonds is 4. The van der Waals surface area contributed by atoms with Crippen LogP contribution in [0, 0.1) is 0 Å². The van der Waals surface area contributed by atoms with E-state index >= 15 is 0 Å². The summed E-state index contributed by atoms with van der Waals surface area (Å²) in [6.45, 7) is 0. The lowest BCUT2D eigenvalue weighted by Gasteiger charge is -2.13. The van der Waals surface area contributed by atoms with Gasteiger partial charge in [0.25, 0.3) is 0 Å². The lowest BCUT2D eigenvalue weighted by atomic mass is 9.96. The molecule has 0 atom stereocenters. The molecule has 0 fully saturated rings. The lowest BCUT2D eigenvalue weighted by molar-refractivity contribution is 0.669. The first-order valence-corrected chi connectivity index (χ1v) is 16.3. The quantitative estimate of drug-likeness (QED) is 0.182. The first-order chi connectivity index (χ1) is 24.3. The summed E-state index contributed by atoms with van der Waals surface area (Å²) < 4.78 is 6.17. The normalized spacial score (nSPS) is 11.7. The zero-order chi connectivity index (χ0) is 32.3. The maximum absolute atomic E-state index is 6.17. The number of para-hydroxylation sites is 1. The highest BCUT2D eigenvalue weighted by Crippen LogP contribution is 2.39. The molecule has 0 radical (unpaired) electrons. The molecule has 3 aromatic heterocycles. The van der Waals surface area contributed by atoms with Crippen molar-refractivity contribution in [2.24, 2.45) is 0 Å². The molecular formula is C44H26N4O. The first kappa shape index (κ1) is 27.4. The summed E-state index contributed by atoms with van der Waals surface area (Å²) in [5, 5.41) is 7.64. The Bertz CT molecular complexity index is 2880. The number of furan rings is 1. The largest absolute Gasteiger partial charge is 0.456 e. The van der Waals surface area contributed by atoms with Crippen LogP contribution in [0.15, 0.2) is 162 Å². The van der Waals surface area contributed by atoms with E-state index in [1.165, 1.54) is 0 Å². The Morgan fingerprint density at radius 2 is 1.00 bits per heavy atom. The number of aromatic nitrogens is 4. The molecule has 0 amide bonds. The van der Waals surface area contributed by atoms with Crippen LogP contribution in [0.25, 0.3) is 99.7 Å². The average molecular weight is 627 g/mol. The van der Waals surface area contributed by atoms with Crippen molar-refractivity contribution in [3.05, 3.63) is 158 Å². The summed E-state index contributed by atoms with van der Waals surface area (Å²) in [6, 6.07) is 51.9. The average Bonchev–Trinajstić information content (AvgIpc) is 3.57. The van der Waals surface area contributed by atoms with E-state index in [2.05, 4.69) is 91.0 Å². The summed E-state index contributed by atoms with van der Waals surface area (Å²) >= 11 is 0. The second-order valence-electron chi connectivity index (χ2n) is 12.2. The third kappa shape index (κ3) is 4.48. The maximum atomic E-state index is 6.17. The number of hydrogen-bond donors (Lipinski definition) is 0. The van der Waals surface area contributed by atoms with E-state index in [1.807, 2.05) is 66.9 Å². The van der Waals surface area contributed by atoms with Crippen molar-refractivity contribution >= 4 is 54.4 Å². The van der Waals surface area contributed by atoms with Gasteiger partial charge in [0.2, 0.25) is 0 Å². The van der Waals surface area contributed by atoms with Crippen LogP contribution in [-0.2, 0) is 0 Å². The molecule has 0 unspecified atom stereocenters. The van der Waals surface area contributed by atoms with E-state index in [-0.39, 0.29) is 0 Å². The van der Waals surface area contributed by atoms with Crippen LogP contribution < -0.4 is 0 Å². The van der Waals surface area contributed by atoms with Crippen molar-refractivity contribution in [3.8, 4) is 45.3 Å². The van der Waals surface area contributed by atoms with E-state index in [1.54, 1.807) is 0 Å². The Kier molecular flexibility index (Phi) is 6.11. The molecule has 49 heavy (non-hydrogen) atoms. The fourth-order valence-electron chi connectivity index (χ4n) is 7.03. The molecule has 7 aromatic carbocycles. The van der Waals surface area contributed by atoms with Gasteiger partial charge in [-0.3, -0.25) is 4.98 Å². The fourth-order valence-corrected chi connectivity index (χ4v) is 7.03. The minimum atomic E-state index is 0.614. The number of pyridine rings is 1. The smallest absolute Gasteiger partial charge is 0.164 e. The van der Waals surface area contributed by atoms with Crippen LogP contribution in [0.4, 0.5) is 0 Å². The Morgan fingerprint density at radius 1 is 0.388 bits per heavy atom. The molecule has 0 N–H and O–H groups in total. The van der Waals surface area contributed by atoms with Gasteiger partial charge in [-0.25, -0.2) is 15.0 Å². The Balaban J connectivity index is 1.17. The SMILES string of the molecule is c1ccc(-c2nc(-c3ccc(-c4cccc5oc6ccccc6c45)cc3)nc(-c3cc4c5ccccc5cnc4c4ccccc34)n2)cc1. The first-order valence-electron chi connectivity index (χ1n) is 16.3. The fraction of sp³-hybridized carbons (Fsp3) is 0. The maximum Gasteiger partial charge on any atom is 0.164 e.